The molecule has 0 spiro atoms. The van der Waals surface area contributed by atoms with Gasteiger partial charge in [0.25, 0.3) is 5.56 Å². The Hall–Kier alpha value is -3.03. The van der Waals surface area contributed by atoms with Crippen LogP contribution in [-0.4, -0.2) is 31.8 Å². The first-order chi connectivity index (χ1) is 12.5. The molecule has 3 rings (SSSR count). The van der Waals surface area contributed by atoms with E-state index in [1.165, 1.54) is 33.9 Å². The van der Waals surface area contributed by atoms with Crippen LogP contribution >= 0.6 is 0 Å². The summed E-state index contributed by atoms with van der Waals surface area (Å²) >= 11 is 0. The van der Waals surface area contributed by atoms with Gasteiger partial charge in [-0.05, 0) is 30.2 Å². The smallest absolute Gasteiger partial charge is 0.264 e. The lowest BCUT2D eigenvalue weighted by atomic mass is 10.2. The molecule has 0 bridgehead atoms. The maximum absolute atomic E-state index is 13.1. The number of carbonyl (C=O) groups is 1. The van der Waals surface area contributed by atoms with Gasteiger partial charge in [0.1, 0.15) is 11.2 Å². The number of nitrogens with zero attached hydrogens (tertiary/aromatic N) is 4. The van der Waals surface area contributed by atoms with Crippen LogP contribution in [0.5, 0.6) is 0 Å². The van der Waals surface area contributed by atoms with Crippen molar-refractivity contribution in [2.75, 3.05) is 6.54 Å². The lowest BCUT2D eigenvalue weighted by Gasteiger charge is -2.09. The van der Waals surface area contributed by atoms with Crippen molar-refractivity contribution < 1.29 is 9.18 Å². The molecule has 0 unspecified atom stereocenters. The average Bonchev–Trinajstić information content (AvgIpc) is 3.05. The lowest BCUT2D eigenvalue weighted by Crippen LogP contribution is -2.30. The molecule has 0 aliphatic rings. The summed E-state index contributed by atoms with van der Waals surface area (Å²) in [6.45, 7) is 4.88. The molecule has 0 atom stereocenters. The maximum atomic E-state index is 13.1. The zero-order valence-corrected chi connectivity index (χ0v) is 14.6. The molecule has 0 aliphatic carbocycles. The summed E-state index contributed by atoms with van der Waals surface area (Å²) in [5, 5.41) is 7.34. The summed E-state index contributed by atoms with van der Waals surface area (Å²) in [7, 11) is 0. The third-order valence-corrected chi connectivity index (χ3v) is 3.91. The Labute approximate surface area is 149 Å². The van der Waals surface area contributed by atoms with E-state index in [1.807, 2.05) is 13.8 Å². The number of fused-ring (bicyclic) bond motifs is 1. The van der Waals surface area contributed by atoms with Crippen molar-refractivity contribution in [3.63, 3.8) is 0 Å². The van der Waals surface area contributed by atoms with E-state index in [1.54, 1.807) is 12.1 Å². The standard InChI is InChI=1S/C18H20FN5O2/c1-12(2)9-20-16(25)7-8-23-11-21-17-15(18(23)26)10-22-24(17)14-5-3-13(19)4-6-14/h3-6,10-12H,7-9H2,1-2H3,(H,20,25). The third kappa shape index (κ3) is 3.79. The van der Waals surface area contributed by atoms with Crippen LogP contribution in [0, 0.1) is 11.7 Å². The second-order valence-electron chi connectivity index (χ2n) is 6.46. The highest BCUT2D eigenvalue weighted by Crippen LogP contribution is 2.14. The zero-order chi connectivity index (χ0) is 18.7. The molecule has 2 heterocycles. The van der Waals surface area contributed by atoms with Gasteiger partial charge in [-0.15, -0.1) is 0 Å². The second-order valence-corrected chi connectivity index (χ2v) is 6.46. The number of rotatable bonds is 6. The first-order valence-corrected chi connectivity index (χ1v) is 8.41. The number of hydrogen-bond donors (Lipinski definition) is 1. The van der Waals surface area contributed by atoms with Crippen molar-refractivity contribution in [1.29, 1.82) is 0 Å². The van der Waals surface area contributed by atoms with Crippen LogP contribution in [0.1, 0.15) is 20.3 Å². The number of benzene rings is 1. The lowest BCUT2D eigenvalue weighted by molar-refractivity contribution is -0.121. The molecular formula is C18H20FN5O2. The topological polar surface area (TPSA) is 81.8 Å². The molecule has 1 aromatic carbocycles. The van der Waals surface area contributed by atoms with Crippen LogP contribution in [0.3, 0.4) is 0 Å². The molecule has 26 heavy (non-hydrogen) atoms. The molecular weight excluding hydrogens is 337 g/mol. The number of carbonyl (C=O) groups excluding carboxylic acids is 1. The zero-order valence-electron chi connectivity index (χ0n) is 14.6. The third-order valence-electron chi connectivity index (χ3n) is 3.91. The number of aromatic nitrogens is 4. The number of hydrogen-bond acceptors (Lipinski definition) is 4. The van der Waals surface area contributed by atoms with Crippen LogP contribution in [0.2, 0.25) is 0 Å². The first-order valence-electron chi connectivity index (χ1n) is 8.41. The summed E-state index contributed by atoms with van der Waals surface area (Å²) in [6, 6.07) is 5.77. The quantitative estimate of drug-likeness (QED) is 0.730. The van der Waals surface area contributed by atoms with Gasteiger partial charge in [0, 0.05) is 19.5 Å². The predicted octanol–water partition coefficient (Wildman–Crippen LogP) is 1.88. The van der Waals surface area contributed by atoms with E-state index >= 15 is 0 Å². The van der Waals surface area contributed by atoms with Gasteiger partial charge in [-0.1, -0.05) is 13.8 Å². The summed E-state index contributed by atoms with van der Waals surface area (Å²) in [6.07, 6.45) is 3.04. The van der Waals surface area contributed by atoms with Crippen LogP contribution in [0.25, 0.3) is 16.7 Å². The molecule has 0 saturated carbocycles. The Morgan fingerprint density at radius 2 is 2.00 bits per heavy atom. The first kappa shape index (κ1) is 17.8. The summed E-state index contributed by atoms with van der Waals surface area (Å²) in [5.74, 6) is -0.0824. The van der Waals surface area contributed by atoms with Gasteiger partial charge in [0.15, 0.2) is 5.65 Å². The highest BCUT2D eigenvalue weighted by molar-refractivity contribution is 5.76. The van der Waals surface area contributed by atoms with Crippen LogP contribution < -0.4 is 10.9 Å². The van der Waals surface area contributed by atoms with E-state index in [9.17, 15) is 14.0 Å². The molecule has 0 fully saturated rings. The predicted molar refractivity (Wildman–Crippen MR) is 95.5 cm³/mol. The molecule has 7 nitrogen and oxygen atoms in total. The summed E-state index contributed by atoms with van der Waals surface area (Å²) in [4.78, 5) is 28.7. The van der Waals surface area contributed by atoms with Crippen molar-refractivity contribution in [1.82, 2.24) is 24.6 Å². The van der Waals surface area contributed by atoms with Gasteiger partial charge in [-0.25, -0.2) is 14.1 Å². The normalized spacial score (nSPS) is 11.2. The van der Waals surface area contributed by atoms with Crippen molar-refractivity contribution in [2.24, 2.45) is 5.92 Å². The van der Waals surface area contributed by atoms with E-state index in [4.69, 9.17) is 0 Å². The summed E-state index contributed by atoms with van der Waals surface area (Å²) < 4.78 is 16.0. The van der Waals surface area contributed by atoms with E-state index in [0.717, 1.165) is 0 Å². The average molecular weight is 357 g/mol. The highest BCUT2D eigenvalue weighted by Gasteiger charge is 2.12. The Bertz CT molecular complexity index is 975. The molecule has 1 amide bonds. The fraction of sp³-hybridized carbons (Fsp3) is 0.333. The minimum Gasteiger partial charge on any atom is -0.356 e. The van der Waals surface area contributed by atoms with Gasteiger partial charge < -0.3 is 5.32 Å². The second kappa shape index (κ2) is 7.47. The van der Waals surface area contributed by atoms with Gasteiger partial charge in [-0.2, -0.15) is 5.10 Å². The van der Waals surface area contributed by atoms with E-state index < -0.39 is 0 Å². The van der Waals surface area contributed by atoms with Gasteiger partial charge >= 0.3 is 0 Å². The number of aryl methyl sites for hydroxylation is 1. The number of nitrogens with one attached hydrogen (secondary N) is 1. The monoisotopic (exact) mass is 357 g/mol. The van der Waals surface area contributed by atoms with Crippen LogP contribution in [0.15, 0.2) is 41.6 Å². The van der Waals surface area contributed by atoms with E-state index in [-0.39, 0.29) is 30.2 Å². The van der Waals surface area contributed by atoms with Crippen molar-refractivity contribution >= 4 is 16.9 Å². The Kier molecular flexibility index (Phi) is 5.11. The Morgan fingerprint density at radius 1 is 1.27 bits per heavy atom. The van der Waals surface area contributed by atoms with Crippen molar-refractivity contribution in [3.05, 3.63) is 53.0 Å². The molecule has 0 radical (unpaired) electrons. The van der Waals surface area contributed by atoms with Gasteiger partial charge in [0.2, 0.25) is 5.91 Å². The number of halogens is 1. The highest BCUT2D eigenvalue weighted by atomic mass is 19.1. The Balaban J connectivity index is 1.80. The SMILES string of the molecule is CC(C)CNC(=O)CCn1cnc2c(cnn2-c2ccc(F)cc2)c1=O. The molecule has 8 heteroatoms. The van der Waals surface area contributed by atoms with Crippen LogP contribution in [0.4, 0.5) is 4.39 Å². The molecule has 0 aliphatic heterocycles. The Morgan fingerprint density at radius 3 is 2.69 bits per heavy atom. The molecule has 3 aromatic rings. The fourth-order valence-corrected chi connectivity index (χ4v) is 2.51. The number of amides is 1. The summed E-state index contributed by atoms with van der Waals surface area (Å²) in [5.41, 5.74) is 0.737. The molecule has 1 N–H and O–H groups in total. The largest absolute Gasteiger partial charge is 0.356 e. The van der Waals surface area contributed by atoms with Gasteiger partial charge in [0.05, 0.1) is 18.2 Å². The molecule has 0 saturated heterocycles. The minimum absolute atomic E-state index is 0.104. The van der Waals surface area contributed by atoms with Crippen molar-refractivity contribution in [2.45, 2.75) is 26.8 Å². The molecule has 2 aromatic heterocycles. The van der Waals surface area contributed by atoms with Crippen LogP contribution in [-0.2, 0) is 11.3 Å². The maximum Gasteiger partial charge on any atom is 0.264 e. The van der Waals surface area contributed by atoms with Crippen molar-refractivity contribution in [3.8, 4) is 5.69 Å². The van der Waals surface area contributed by atoms with E-state index in [0.29, 0.717) is 29.2 Å². The van der Waals surface area contributed by atoms with Gasteiger partial charge in [-0.3, -0.25) is 14.2 Å². The minimum atomic E-state index is -0.351. The fourth-order valence-electron chi connectivity index (χ4n) is 2.51. The van der Waals surface area contributed by atoms with E-state index in [2.05, 4.69) is 15.4 Å². The molecule has 136 valence electrons.